The molecule has 0 radical (unpaired) electrons. The molecule has 24 heavy (non-hydrogen) atoms. The largest absolute Gasteiger partial charge is 0.344 e. The van der Waals surface area contributed by atoms with Gasteiger partial charge in [0.1, 0.15) is 0 Å². The highest BCUT2D eigenvalue weighted by molar-refractivity contribution is 6.43. The van der Waals surface area contributed by atoms with Gasteiger partial charge in [0.05, 0.1) is 21.3 Å². The molecule has 3 rings (SSSR count). The van der Waals surface area contributed by atoms with Gasteiger partial charge in [-0.15, -0.1) is 0 Å². The highest BCUT2D eigenvalue weighted by atomic mass is 35.5. The first-order valence-electron chi connectivity index (χ1n) is 7.33. The molecule has 0 bridgehead atoms. The molecule has 0 amide bonds. The molecule has 2 aromatic heterocycles. The molecule has 1 N–H and O–H groups in total. The molecule has 0 saturated carbocycles. The van der Waals surface area contributed by atoms with E-state index in [0.29, 0.717) is 21.7 Å². The van der Waals surface area contributed by atoms with E-state index in [1.807, 2.05) is 32.9 Å². The molecule has 0 spiro atoms. The second kappa shape index (κ2) is 6.37. The van der Waals surface area contributed by atoms with E-state index in [4.69, 9.17) is 23.2 Å². The van der Waals surface area contributed by atoms with Crippen LogP contribution < -0.4 is 5.32 Å². The summed E-state index contributed by atoms with van der Waals surface area (Å²) in [4.78, 5) is 4.34. The quantitative estimate of drug-likeness (QED) is 0.758. The van der Waals surface area contributed by atoms with Crippen LogP contribution in [0.15, 0.2) is 36.5 Å². The lowest BCUT2D eigenvalue weighted by molar-refractivity contribution is 0.589. The molecule has 0 fully saturated rings. The summed E-state index contributed by atoms with van der Waals surface area (Å²) in [6.07, 6.45) is 1.77. The summed E-state index contributed by atoms with van der Waals surface area (Å²) in [5, 5.41) is 16.0. The van der Waals surface area contributed by atoms with E-state index < -0.39 is 5.54 Å². The van der Waals surface area contributed by atoms with Gasteiger partial charge in [0.25, 0.3) is 0 Å². The molecule has 6 nitrogen and oxygen atoms in total. The van der Waals surface area contributed by atoms with E-state index in [9.17, 15) is 0 Å². The van der Waals surface area contributed by atoms with Gasteiger partial charge < -0.3 is 5.32 Å². The van der Waals surface area contributed by atoms with Crippen molar-refractivity contribution >= 4 is 29.2 Å². The second-order valence-corrected chi connectivity index (χ2v) is 6.66. The van der Waals surface area contributed by atoms with Crippen molar-refractivity contribution in [2.24, 2.45) is 0 Å². The number of halogens is 2. The number of aryl methyl sites for hydroxylation is 1. The third-order valence-corrected chi connectivity index (χ3v) is 4.54. The third-order valence-electron chi connectivity index (χ3n) is 3.73. The molecule has 0 aliphatic heterocycles. The van der Waals surface area contributed by atoms with Crippen molar-refractivity contribution in [2.45, 2.75) is 26.3 Å². The van der Waals surface area contributed by atoms with E-state index in [2.05, 4.69) is 25.8 Å². The van der Waals surface area contributed by atoms with Gasteiger partial charge in [-0.2, -0.15) is 4.68 Å². The number of nitrogens with one attached hydrogen (secondary N) is 1. The maximum Gasteiger partial charge on any atom is 0.248 e. The fraction of sp³-hybridized carbons (Fsp3) is 0.250. The predicted octanol–water partition coefficient (Wildman–Crippen LogP) is 4.02. The van der Waals surface area contributed by atoms with Crippen molar-refractivity contribution in [1.29, 1.82) is 0 Å². The fourth-order valence-corrected chi connectivity index (χ4v) is 2.95. The van der Waals surface area contributed by atoms with E-state index >= 15 is 0 Å². The van der Waals surface area contributed by atoms with Crippen LogP contribution in [0.5, 0.6) is 0 Å². The number of benzene rings is 1. The molecule has 0 saturated heterocycles. The van der Waals surface area contributed by atoms with Gasteiger partial charge in [0.15, 0.2) is 0 Å². The summed E-state index contributed by atoms with van der Waals surface area (Å²) in [6, 6.07) is 9.25. The molecule has 0 aliphatic carbocycles. The molecular weight excluding hydrogens is 347 g/mol. The van der Waals surface area contributed by atoms with Gasteiger partial charge in [-0.25, -0.2) is 0 Å². The van der Waals surface area contributed by atoms with Gasteiger partial charge in [0, 0.05) is 11.9 Å². The number of nitrogens with zero attached hydrogens (tertiary/aromatic N) is 5. The Kier molecular flexibility index (Phi) is 4.43. The minimum absolute atomic E-state index is 0.393. The van der Waals surface area contributed by atoms with Crippen LogP contribution in [0.4, 0.5) is 5.95 Å². The lowest BCUT2D eigenvalue weighted by atomic mass is 9.93. The summed E-state index contributed by atoms with van der Waals surface area (Å²) in [6.45, 7) is 6.04. The van der Waals surface area contributed by atoms with Crippen molar-refractivity contribution in [3.63, 3.8) is 0 Å². The van der Waals surface area contributed by atoms with Crippen LogP contribution in [-0.2, 0) is 5.54 Å². The van der Waals surface area contributed by atoms with Crippen LogP contribution in [0.2, 0.25) is 10.0 Å². The Bertz CT molecular complexity index is 875. The fourth-order valence-electron chi connectivity index (χ4n) is 2.57. The summed E-state index contributed by atoms with van der Waals surface area (Å²) >= 11 is 12.4. The monoisotopic (exact) mass is 362 g/mol. The minimum Gasteiger partial charge on any atom is -0.344 e. The van der Waals surface area contributed by atoms with Crippen molar-refractivity contribution in [1.82, 2.24) is 25.2 Å². The topological polar surface area (TPSA) is 68.5 Å². The molecular formula is C16H16Cl2N6. The number of rotatable bonds is 4. The number of anilines is 1. The minimum atomic E-state index is -0.435. The average Bonchev–Trinajstić information content (AvgIpc) is 2.97. The van der Waals surface area contributed by atoms with Gasteiger partial charge in [-0.3, -0.25) is 4.98 Å². The van der Waals surface area contributed by atoms with Crippen LogP contribution in [0, 0.1) is 6.92 Å². The average molecular weight is 363 g/mol. The van der Waals surface area contributed by atoms with Crippen molar-refractivity contribution in [3.05, 3.63) is 57.8 Å². The number of hydrogen-bond donors (Lipinski definition) is 1. The van der Waals surface area contributed by atoms with E-state index in [0.717, 1.165) is 11.3 Å². The Morgan fingerprint density at radius 1 is 1.12 bits per heavy atom. The standard InChI is InChI=1S/C16H16Cl2N6/c1-10-11(6-5-9-19-10)16(2,3)20-15-21-22-23-24(15)13-8-4-7-12(17)14(13)18/h4-9H,1-3H3,(H,20,21,23). The first-order valence-corrected chi connectivity index (χ1v) is 8.09. The Morgan fingerprint density at radius 2 is 1.92 bits per heavy atom. The van der Waals surface area contributed by atoms with Gasteiger partial charge in [0.2, 0.25) is 5.95 Å². The summed E-state index contributed by atoms with van der Waals surface area (Å²) in [5.74, 6) is 0.465. The molecule has 1 aromatic carbocycles. The van der Waals surface area contributed by atoms with E-state index in [-0.39, 0.29) is 0 Å². The maximum atomic E-state index is 6.28. The van der Waals surface area contributed by atoms with Crippen LogP contribution >= 0.6 is 23.2 Å². The highest BCUT2D eigenvalue weighted by Crippen LogP contribution is 2.31. The molecule has 0 unspecified atom stereocenters. The SMILES string of the molecule is Cc1ncccc1C(C)(C)Nc1nnnn1-c1cccc(Cl)c1Cl. The molecule has 0 aliphatic rings. The van der Waals surface area contributed by atoms with E-state index in [1.165, 1.54) is 4.68 Å². The van der Waals surface area contributed by atoms with Crippen molar-refractivity contribution in [3.8, 4) is 5.69 Å². The highest BCUT2D eigenvalue weighted by Gasteiger charge is 2.26. The van der Waals surface area contributed by atoms with E-state index in [1.54, 1.807) is 24.4 Å². The number of aromatic nitrogens is 5. The molecule has 8 heteroatoms. The predicted molar refractivity (Wildman–Crippen MR) is 94.8 cm³/mol. The number of hydrogen-bond acceptors (Lipinski definition) is 5. The molecule has 124 valence electrons. The maximum absolute atomic E-state index is 6.28. The zero-order valence-corrected chi connectivity index (χ0v) is 15.0. The van der Waals surface area contributed by atoms with Gasteiger partial charge in [-0.1, -0.05) is 40.4 Å². The van der Waals surface area contributed by atoms with Crippen LogP contribution in [0.1, 0.15) is 25.1 Å². The van der Waals surface area contributed by atoms with Crippen LogP contribution in [0.3, 0.4) is 0 Å². The number of tetrazole rings is 1. The normalized spacial score (nSPS) is 11.5. The Morgan fingerprint density at radius 3 is 2.67 bits per heavy atom. The Balaban J connectivity index is 2.00. The summed E-state index contributed by atoms with van der Waals surface area (Å²) in [7, 11) is 0. The summed E-state index contributed by atoms with van der Waals surface area (Å²) < 4.78 is 1.53. The molecule has 2 heterocycles. The number of pyridine rings is 1. The first-order chi connectivity index (χ1) is 11.4. The smallest absolute Gasteiger partial charge is 0.248 e. The summed E-state index contributed by atoms with van der Waals surface area (Å²) in [5.41, 5.74) is 2.16. The molecule has 3 aromatic rings. The van der Waals surface area contributed by atoms with Crippen LogP contribution in [-0.4, -0.2) is 25.2 Å². The zero-order valence-electron chi connectivity index (χ0n) is 13.5. The Labute approximate surface area is 149 Å². The third kappa shape index (κ3) is 3.07. The zero-order chi connectivity index (χ0) is 17.3. The first kappa shape index (κ1) is 16.7. The van der Waals surface area contributed by atoms with Crippen molar-refractivity contribution < 1.29 is 0 Å². The van der Waals surface area contributed by atoms with Gasteiger partial charge in [-0.05, 0) is 55.0 Å². The lowest BCUT2D eigenvalue weighted by Crippen LogP contribution is -2.30. The second-order valence-electron chi connectivity index (χ2n) is 5.87. The molecule has 0 atom stereocenters. The van der Waals surface area contributed by atoms with Gasteiger partial charge >= 0.3 is 0 Å². The van der Waals surface area contributed by atoms with Crippen molar-refractivity contribution in [2.75, 3.05) is 5.32 Å². The van der Waals surface area contributed by atoms with Crippen LogP contribution in [0.25, 0.3) is 5.69 Å². The lowest BCUT2D eigenvalue weighted by Gasteiger charge is -2.28. The Hall–Kier alpha value is -2.18.